The highest BCUT2D eigenvalue weighted by molar-refractivity contribution is 6.30. The van der Waals surface area contributed by atoms with E-state index in [0.717, 1.165) is 0 Å². The van der Waals surface area contributed by atoms with Gasteiger partial charge in [0.15, 0.2) is 17.3 Å². The molecule has 0 unspecified atom stereocenters. The fraction of sp³-hybridized carbons (Fsp3) is 0.222. The van der Waals surface area contributed by atoms with Crippen LogP contribution in [0.3, 0.4) is 0 Å². The van der Waals surface area contributed by atoms with Gasteiger partial charge in [0.2, 0.25) is 0 Å². The monoisotopic (exact) mass is 332 g/mol. The summed E-state index contributed by atoms with van der Waals surface area (Å²) >= 11 is 5.87. The summed E-state index contributed by atoms with van der Waals surface area (Å²) in [6, 6.07) is 9.97. The number of Topliss-reactive ketones (excluding diaryl/α,β-unsaturated/α-hetero) is 1. The van der Waals surface area contributed by atoms with Crippen molar-refractivity contribution < 1.29 is 19.1 Å². The van der Waals surface area contributed by atoms with Gasteiger partial charge < -0.3 is 9.47 Å². The van der Waals surface area contributed by atoms with Crippen LogP contribution in [0.15, 0.2) is 36.4 Å². The van der Waals surface area contributed by atoms with Crippen molar-refractivity contribution in [2.75, 3.05) is 14.2 Å². The van der Waals surface area contributed by atoms with E-state index >= 15 is 0 Å². The smallest absolute Gasteiger partial charge is 0.197 e. The van der Waals surface area contributed by atoms with E-state index in [4.69, 9.17) is 21.1 Å². The first-order chi connectivity index (χ1) is 11.0. The fourth-order valence-electron chi connectivity index (χ4n) is 2.38. The van der Waals surface area contributed by atoms with Crippen molar-refractivity contribution in [2.45, 2.75) is 13.3 Å². The van der Waals surface area contributed by atoms with E-state index in [-0.39, 0.29) is 18.0 Å². The molecule has 0 spiro atoms. The molecule has 2 aromatic carbocycles. The Bertz CT molecular complexity index is 735. The molecule has 5 heteroatoms. The van der Waals surface area contributed by atoms with Crippen LogP contribution in [0, 0.1) is 0 Å². The summed E-state index contributed by atoms with van der Waals surface area (Å²) in [5, 5.41) is 0.545. The number of ether oxygens (including phenoxy) is 2. The maximum Gasteiger partial charge on any atom is 0.197 e. The first kappa shape index (κ1) is 17.0. The number of carbonyl (C=O) groups excluding carboxylic acids is 2. The maximum absolute atomic E-state index is 12.9. The van der Waals surface area contributed by atoms with Gasteiger partial charge in [-0.1, -0.05) is 17.7 Å². The van der Waals surface area contributed by atoms with E-state index in [2.05, 4.69) is 0 Å². The second kappa shape index (κ2) is 7.29. The van der Waals surface area contributed by atoms with Crippen LogP contribution in [-0.2, 0) is 11.2 Å². The van der Waals surface area contributed by atoms with Crippen molar-refractivity contribution in [3.63, 3.8) is 0 Å². The highest BCUT2D eigenvalue weighted by atomic mass is 35.5. The van der Waals surface area contributed by atoms with Crippen LogP contribution in [0.1, 0.15) is 28.4 Å². The molecule has 0 aliphatic heterocycles. The molecule has 0 N–H and O–H groups in total. The number of carbonyl (C=O) groups is 2. The molecule has 0 heterocycles. The van der Waals surface area contributed by atoms with E-state index in [1.165, 1.54) is 21.1 Å². The zero-order valence-corrected chi connectivity index (χ0v) is 13.9. The van der Waals surface area contributed by atoms with Crippen molar-refractivity contribution >= 4 is 23.2 Å². The normalized spacial score (nSPS) is 10.3. The van der Waals surface area contributed by atoms with Crippen LogP contribution >= 0.6 is 11.6 Å². The quantitative estimate of drug-likeness (QED) is 0.756. The summed E-state index contributed by atoms with van der Waals surface area (Å²) in [5.41, 5.74) is 1.41. The number of hydrogen-bond acceptors (Lipinski definition) is 4. The second-order valence-corrected chi connectivity index (χ2v) is 5.49. The van der Waals surface area contributed by atoms with E-state index in [1.807, 2.05) is 0 Å². The van der Waals surface area contributed by atoms with Crippen LogP contribution in [0.25, 0.3) is 0 Å². The Kier molecular flexibility index (Phi) is 5.40. The molecule has 0 bridgehead atoms. The zero-order chi connectivity index (χ0) is 17.0. The van der Waals surface area contributed by atoms with Crippen LogP contribution in [0.2, 0.25) is 5.02 Å². The predicted octanol–water partition coefficient (Wildman–Crippen LogP) is 3.72. The Labute approximate surface area is 140 Å². The predicted molar refractivity (Wildman–Crippen MR) is 88.8 cm³/mol. The Morgan fingerprint density at radius 3 is 2.17 bits per heavy atom. The van der Waals surface area contributed by atoms with Crippen LogP contribution in [0.5, 0.6) is 11.5 Å². The summed E-state index contributed by atoms with van der Waals surface area (Å²) in [7, 11) is 2.97. The molecule has 0 atom stereocenters. The number of benzene rings is 2. The van der Waals surface area contributed by atoms with Crippen molar-refractivity contribution in [2.24, 2.45) is 0 Å². The van der Waals surface area contributed by atoms with E-state index < -0.39 is 0 Å². The van der Waals surface area contributed by atoms with Gasteiger partial charge in [-0.05, 0) is 42.8 Å². The van der Waals surface area contributed by atoms with Crippen LogP contribution in [0.4, 0.5) is 0 Å². The van der Waals surface area contributed by atoms with Gasteiger partial charge in [-0.15, -0.1) is 0 Å². The lowest BCUT2D eigenvalue weighted by atomic mass is 9.94. The minimum Gasteiger partial charge on any atom is -0.493 e. The van der Waals surface area contributed by atoms with Gasteiger partial charge in [0, 0.05) is 17.0 Å². The maximum atomic E-state index is 12.9. The third-order valence-electron chi connectivity index (χ3n) is 3.40. The summed E-state index contributed by atoms with van der Waals surface area (Å²) < 4.78 is 10.6. The van der Waals surface area contributed by atoms with Gasteiger partial charge in [0.1, 0.15) is 5.78 Å². The first-order valence-corrected chi connectivity index (χ1v) is 7.39. The molecule has 0 saturated heterocycles. The summed E-state index contributed by atoms with van der Waals surface area (Å²) in [5.74, 6) is 0.486. The molecule has 0 amide bonds. The van der Waals surface area contributed by atoms with E-state index in [0.29, 0.717) is 33.2 Å². The number of halogens is 1. The molecule has 23 heavy (non-hydrogen) atoms. The third kappa shape index (κ3) is 3.71. The van der Waals surface area contributed by atoms with Crippen molar-refractivity contribution in [3.8, 4) is 11.5 Å². The van der Waals surface area contributed by atoms with Gasteiger partial charge >= 0.3 is 0 Å². The molecule has 2 rings (SSSR count). The van der Waals surface area contributed by atoms with Crippen LogP contribution in [-0.4, -0.2) is 25.8 Å². The molecular weight excluding hydrogens is 316 g/mol. The van der Waals surface area contributed by atoms with Crippen molar-refractivity contribution in [1.29, 1.82) is 0 Å². The van der Waals surface area contributed by atoms with Crippen molar-refractivity contribution in [1.82, 2.24) is 0 Å². The SMILES string of the molecule is COc1ccc(CC(C)=O)c(C(=O)c2ccc(Cl)cc2)c1OC. The number of methoxy groups -OCH3 is 2. The highest BCUT2D eigenvalue weighted by Gasteiger charge is 2.23. The minimum atomic E-state index is -0.242. The topological polar surface area (TPSA) is 52.6 Å². The fourth-order valence-corrected chi connectivity index (χ4v) is 2.50. The Morgan fingerprint density at radius 1 is 1.00 bits per heavy atom. The van der Waals surface area contributed by atoms with Gasteiger partial charge in [-0.2, -0.15) is 0 Å². The molecule has 0 radical (unpaired) electrons. The minimum absolute atomic E-state index is 0.0395. The average Bonchev–Trinajstić information content (AvgIpc) is 2.53. The Hall–Kier alpha value is -2.33. The lowest BCUT2D eigenvalue weighted by molar-refractivity contribution is -0.116. The lowest BCUT2D eigenvalue weighted by Crippen LogP contribution is -2.11. The van der Waals surface area contributed by atoms with Gasteiger partial charge in [-0.3, -0.25) is 9.59 Å². The zero-order valence-electron chi connectivity index (χ0n) is 13.2. The molecule has 0 aliphatic rings. The van der Waals surface area contributed by atoms with Gasteiger partial charge in [0.25, 0.3) is 0 Å². The third-order valence-corrected chi connectivity index (χ3v) is 3.66. The Balaban J connectivity index is 2.62. The molecule has 0 aliphatic carbocycles. The second-order valence-electron chi connectivity index (χ2n) is 5.05. The van der Waals surface area contributed by atoms with Crippen molar-refractivity contribution in [3.05, 3.63) is 58.1 Å². The first-order valence-electron chi connectivity index (χ1n) is 7.01. The number of hydrogen-bond donors (Lipinski definition) is 0. The Morgan fingerprint density at radius 2 is 1.65 bits per heavy atom. The standard InChI is InChI=1S/C18H17ClO4/c1-11(20)10-13-6-9-15(22-2)18(23-3)16(13)17(21)12-4-7-14(19)8-5-12/h4-9H,10H2,1-3H3. The number of ketones is 2. The van der Waals surface area contributed by atoms with Crippen LogP contribution < -0.4 is 9.47 Å². The molecule has 4 nitrogen and oxygen atoms in total. The van der Waals surface area contributed by atoms with E-state index in [9.17, 15) is 9.59 Å². The molecule has 120 valence electrons. The molecular formula is C18H17ClO4. The molecule has 0 aromatic heterocycles. The van der Waals surface area contributed by atoms with Gasteiger partial charge in [0.05, 0.1) is 19.8 Å². The summed E-state index contributed by atoms with van der Waals surface area (Å²) in [6.45, 7) is 1.48. The average molecular weight is 333 g/mol. The lowest BCUT2D eigenvalue weighted by Gasteiger charge is -2.16. The molecule has 0 saturated carbocycles. The molecule has 0 fully saturated rings. The molecule has 2 aromatic rings. The van der Waals surface area contributed by atoms with Gasteiger partial charge in [-0.25, -0.2) is 0 Å². The highest BCUT2D eigenvalue weighted by Crippen LogP contribution is 2.35. The number of rotatable bonds is 6. The summed E-state index contributed by atoms with van der Waals surface area (Å²) in [6.07, 6.45) is 0.148. The largest absolute Gasteiger partial charge is 0.493 e. The van der Waals surface area contributed by atoms with E-state index in [1.54, 1.807) is 36.4 Å². The summed E-state index contributed by atoms with van der Waals surface area (Å²) in [4.78, 5) is 24.4.